The second kappa shape index (κ2) is 8.14. The summed E-state index contributed by atoms with van der Waals surface area (Å²) in [6, 6.07) is 5.75. The third-order valence-corrected chi connectivity index (χ3v) is 5.38. The van der Waals surface area contributed by atoms with Gasteiger partial charge in [0.2, 0.25) is 10.0 Å². The summed E-state index contributed by atoms with van der Waals surface area (Å²) in [5.41, 5.74) is 0.556. The topological polar surface area (TPSA) is 78.5 Å². The van der Waals surface area contributed by atoms with Crippen molar-refractivity contribution >= 4 is 21.7 Å². The number of hydrogen-bond acceptors (Lipinski definition) is 3. The standard InChI is InChI=1S/C15H25N3O3S/c1-5-6-11-16-15(19)17-13-7-9-14(10-8-13)22(20,21)18(4)12(2)3/h7-10,12H,5-6,11H2,1-4H3,(H2,16,17,19). The monoisotopic (exact) mass is 327 g/mol. The molecular weight excluding hydrogens is 302 g/mol. The number of benzene rings is 1. The number of anilines is 1. The van der Waals surface area contributed by atoms with Gasteiger partial charge in [-0.15, -0.1) is 0 Å². The molecule has 1 aromatic carbocycles. The molecule has 0 fully saturated rings. The first-order valence-electron chi connectivity index (χ1n) is 7.42. The first-order valence-corrected chi connectivity index (χ1v) is 8.86. The molecule has 1 aromatic rings. The van der Waals surface area contributed by atoms with E-state index in [1.165, 1.54) is 16.4 Å². The van der Waals surface area contributed by atoms with Crippen molar-refractivity contribution in [2.24, 2.45) is 0 Å². The highest BCUT2D eigenvalue weighted by molar-refractivity contribution is 7.89. The van der Waals surface area contributed by atoms with Crippen molar-refractivity contribution < 1.29 is 13.2 Å². The fraction of sp³-hybridized carbons (Fsp3) is 0.533. The summed E-state index contributed by atoms with van der Waals surface area (Å²) in [5, 5.41) is 5.41. The lowest BCUT2D eigenvalue weighted by molar-refractivity contribution is 0.252. The van der Waals surface area contributed by atoms with E-state index < -0.39 is 10.0 Å². The number of nitrogens with zero attached hydrogens (tertiary/aromatic N) is 1. The van der Waals surface area contributed by atoms with E-state index in [0.717, 1.165) is 12.8 Å². The lowest BCUT2D eigenvalue weighted by atomic mass is 10.3. The first kappa shape index (κ1) is 18.4. The minimum atomic E-state index is -3.50. The van der Waals surface area contributed by atoms with Gasteiger partial charge < -0.3 is 10.6 Å². The van der Waals surface area contributed by atoms with E-state index in [2.05, 4.69) is 10.6 Å². The van der Waals surface area contributed by atoms with Crippen LogP contribution in [0.25, 0.3) is 0 Å². The van der Waals surface area contributed by atoms with E-state index in [0.29, 0.717) is 12.2 Å². The maximum Gasteiger partial charge on any atom is 0.319 e. The number of unbranched alkanes of at least 4 members (excludes halogenated alkanes) is 1. The molecule has 0 heterocycles. The minimum absolute atomic E-state index is 0.118. The molecule has 6 nitrogen and oxygen atoms in total. The lowest BCUT2D eigenvalue weighted by Gasteiger charge is -2.21. The van der Waals surface area contributed by atoms with Crippen LogP contribution in [0.1, 0.15) is 33.6 Å². The van der Waals surface area contributed by atoms with Crippen molar-refractivity contribution in [3.8, 4) is 0 Å². The largest absolute Gasteiger partial charge is 0.338 e. The molecule has 2 N–H and O–H groups in total. The molecule has 0 radical (unpaired) electrons. The molecule has 0 saturated heterocycles. The Morgan fingerprint density at radius 3 is 2.32 bits per heavy atom. The van der Waals surface area contributed by atoms with Crippen LogP contribution in [0, 0.1) is 0 Å². The van der Waals surface area contributed by atoms with Crippen molar-refractivity contribution in [1.82, 2.24) is 9.62 Å². The van der Waals surface area contributed by atoms with Gasteiger partial charge >= 0.3 is 6.03 Å². The Bertz CT molecular complexity index is 583. The maximum atomic E-state index is 12.3. The fourth-order valence-electron chi connectivity index (χ4n) is 1.71. The van der Waals surface area contributed by atoms with Crippen molar-refractivity contribution in [3.63, 3.8) is 0 Å². The molecule has 0 saturated carbocycles. The third kappa shape index (κ3) is 4.99. The number of carbonyl (C=O) groups excluding carboxylic acids is 1. The Morgan fingerprint density at radius 2 is 1.82 bits per heavy atom. The van der Waals surface area contributed by atoms with E-state index in [1.807, 2.05) is 20.8 Å². The van der Waals surface area contributed by atoms with Gasteiger partial charge in [0.25, 0.3) is 0 Å². The summed E-state index contributed by atoms with van der Waals surface area (Å²) < 4.78 is 25.9. The average molecular weight is 327 g/mol. The molecule has 7 heteroatoms. The highest BCUT2D eigenvalue weighted by atomic mass is 32.2. The Labute approximate surface area is 132 Å². The third-order valence-electron chi connectivity index (χ3n) is 3.33. The fourth-order valence-corrected chi connectivity index (χ4v) is 3.08. The maximum absolute atomic E-state index is 12.3. The molecule has 1 rings (SSSR count). The Morgan fingerprint density at radius 1 is 1.23 bits per heavy atom. The number of rotatable bonds is 7. The zero-order valence-electron chi connectivity index (χ0n) is 13.6. The molecule has 0 bridgehead atoms. The van der Waals surface area contributed by atoms with Crippen LogP contribution < -0.4 is 10.6 Å². The van der Waals surface area contributed by atoms with Crippen molar-refractivity contribution in [1.29, 1.82) is 0 Å². The van der Waals surface area contributed by atoms with Crippen molar-refractivity contribution in [3.05, 3.63) is 24.3 Å². The SMILES string of the molecule is CCCCNC(=O)Nc1ccc(S(=O)(=O)N(C)C(C)C)cc1. The molecule has 0 aromatic heterocycles. The van der Waals surface area contributed by atoms with Gasteiger partial charge in [0, 0.05) is 25.3 Å². The number of urea groups is 1. The number of sulfonamides is 1. The van der Waals surface area contributed by atoms with Crippen LogP contribution in [-0.4, -0.2) is 38.4 Å². The predicted octanol–water partition coefficient (Wildman–Crippen LogP) is 2.64. The predicted molar refractivity (Wildman–Crippen MR) is 88.5 cm³/mol. The molecule has 0 spiro atoms. The van der Waals surface area contributed by atoms with Gasteiger partial charge in [0.15, 0.2) is 0 Å². The van der Waals surface area contributed by atoms with Gasteiger partial charge in [-0.1, -0.05) is 13.3 Å². The van der Waals surface area contributed by atoms with Gasteiger partial charge in [-0.25, -0.2) is 13.2 Å². The molecule has 0 aliphatic heterocycles. The van der Waals surface area contributed by atoms with Crippen molar-refractivity contribution in [2.45, 2.75) is 44.6 Å². The number of hydrogen-bond donors (Lipinski definition) is 2. The summed E-state index contributed by atoms with van der Waals surface area (Å²) in [4.78, 5) is 11.8. The highest BCUT2D eigenvalue weighted by Gasteiger charge is 2.22. The zero-order valence-corrected chi connectivity index (χ0v) is 14.4. The summed E-state index contributed by atoms with van der Waals surface area (Å²) in [5.74, 6) is 0. The summed E-state index contributed by atoms with van der Waals surface area (Å²) in [6.07, 6.45) is 1.93. The van der Waals surface area contributed by atoms with Gasteiger partial charge in [0.1, 0.15) is 0 Å². The molecular formula is C15H25N3O3S. The van der Waals surface area contributed by atoms with Gasteiger partial charge in [-0.2, -0.15) is 4.31 Å². The molecule has 2 amide bonds. The molecule has 22 heavy (non-hydrogen) atoms. The number of nitrogens with one attached hydrogen (secondary N) is 2. The van der Waals surface area contributed by atoms with Crippen LogP contribution in [0.2, 0.25) is 0 Å². The van der Waals surface area contributed by atoms with Gasteiger partial charge in [-0.05, 0) is 44.5 Å². The second-order valence-corrected chi connectivity index (χ2v) is 7.37. The lowest BCUT2D eigenvalue weighted by Crippen LogP contribution is -2.33. The van der Waals surface area contributed by atoms with E-state index in [9.17, 15) is 13.2 Å². The van der Waals surface area contributed by atoms with E-state index in [-0.39, 0.29) is 17.0 Å². The Kier molecular flexibility index (Phi) is 6.83. The number of carbonyl (C=O) groups is 1. The smallest absolute Gasteiger partial charge is 0.319 e. The summed E-state index contributed by atoms with van der Waals surface area (Å²) in [7, 11) is -1.95. The van der Waals surface area contributed by atoms with Gasteiger partial charge in [-0.3, -0.25) is 0 Å². The van der Waals surface area contributed by atoms with E-state index >= 15 is 0 Å². The highest BCUT2D eigenvalue weighted by Crippen LogP contribution is 2.18. The van der Waals surface area contributed by atoms with Gasteiger partial charge in [0.05, 0.1) is 4.90 Å². The summed E-state index contributed by atoms with van der Waals surface area (Å²) in [6.45, 7) is 6.29. The van der Waals surface area contributed by atoms with E-state index in [4.69, 9.17) is 0 Å². The molecule has 0 atom stereocenters. The Hall–Kier alpha value is -1.60. The zero-order chi connectivity index (χ0) is 16.8. The Balaban J connectivity index is 2.73. The molecule has 0 aliphatic carbocycles. The van der Waals surface area contributed by atoms with Crippen LogP contribution in [0.4, 0.5) is 10.5 Å². The molecule has 0 unspecified atom stereocenters. The van der Waals surface area contributed by atoms with Crippen LogP contribution in [0.5, 0.6) is 0 Å². The van der Waals surface area contributed by atoms with Crippen LogP contribution in [-0.2, 0) is 10.0 Å². The minimum Gasteiger partial charge on any atom is -0.338 e. The van der Waals surface area contributed by atoms with Crippen molar-refractivity contribution in [2.75, 3.05) is 18.9 Å². The second-order valence-electron chi connectivity index (χ2n) is 5.37. The average Bonchev–Trinajstić information content (AvgIpc) is 2.47. The quantitative estimate of drug-likeness (QED) is 0.756. The number of amides is 2. The molecule has 124 valence electrons. The van der Waals surface area contributed by atoms with Crippen LogP contribution >= 0.6 is 0 Å². The summed E-state index contributed by atoms with van der Waals surface area (Å²) >= 11 is 0. The van der Waals surface area contributed by atoms with E-state index in [1.54, 1.807) is 19.2 Å². The van der Waals surface area contributed by atoms with Crippen LogP contribution in [0.3, 0.4) is 0 Å². The normalized spacial score (nSPS) is 11.7. The van der Waals surface area contributed by atoms with Crippen LogP contribution in [0.15, 0.2) is 29.2 Å². The first-order chi connectivity index (χ1) is 10.3. The molecule has 0 aliphatic rings.